The average Bonchev–Trinajstić information content (AvgIpc) is 3.34. The van der Waals surface area contributed by atoms with Crippen molar-refractivity contribution in [3.05, 3.63) is 59.9 Å². The van der Waals surface area contributed by atoms with Crippen molar-refractivity contribution in [2.45, 2.75) is 38.3 Å². The Morgan fingerprint density at radius 2 is 1.94 bits per heavy atom. The molecule has 1 fully saturated rings. The van der Waals surface area contributed by atoms with E-state index in [-0.39, 0.29) is 11.9 Å². The van der Waals surface area contributed by atoms with Crippen molar-refractivity contribution in [2.24, 2.45) is 0 Å². The molecular formula is C25H29N2O4+. The summed E-state index contributed by atoms with van der Waals surface area (Å²) >= 11 is 0. The van der Waals surface area contributed by atoms with E-state index in [4.69, 9.17) is 13.9 Å². The minimum absolute atomic E-state index is 0.0456. The highest BCUT2D eigenvalue weighted by Crippen LogP contribution is 2.33. The molecule has 1 saturated heterocycles. The molecule has 1 aromatic heterocycles. The molecule has 6 nitrogen and oxygen atoms in total. The first kappa shape index (κ1) is 19.9. The van der Waals surface area contributed by atoms with Gasteiger partial charge < -0.3 is 24.1 Å². The first-order chi connectivity index (χ1) is 15.2. The Bertz CT molecular complexity index is 1040. The van der Waals surface area contributed by atoms with Crippen LogP contribution in [0.4, 0.5) is 0 Å². The van der Waals surface area contributed by atoms with E-state index in [2.05, 4.69) is 17.4 Å². The highest BCUT2D eigenvalue weighted by Gasteiger charge is 2.33. The van der Waals surface area contributed by atoms with Crippen molar-refractivity contribution in [1.82, 2.24) is 5.32 Å². The number of furan rings is 1. The van der Waals surface area contributed by atoms with Gasteiger partial charge in [0.2, 0.25) is 0 Å². The van der Waals surface area contributed by atoms with Gasteiger partial charge >= 0.3 is 0 Å². The Morgan fingerprint density at radius 1 is 1.10 bits per heavy atom. The first-order valence-electron chi connectivity index (χ1n) is 11.2. The fourth-order valence-corrected chi connectivity index (χ4v) is 4.71. The van der Waals surface area contributed by atoms with Gasteiger partial charge in [0.15, 0.2) is 18.0 Å². The number of rotatable bonds is 5. The van der Waals surface area contributed by atoms with Gasteiger partial charge in [-0.25, -0.2) is 0 Å². The Hall–Kier alpha value is -2.99. The van der Waals surface area contributed by atoms with E-state index in [1.54, 1.807) is 0 Å². The van der Waals surface area contributed by atoms with Crippen molar-refractivity contribution in [3.63, 3.8) is 0 Å². The summed E-state index contributed by atoms with van der Waals surface area (Å²) in [7, 11) is 0. The van der Waals surface area contributed by atoms with E-state index in [0.29, 0.717) is 25.8 Å². The average molecular weight is 422 g/mol. The number of benzene rings is 2. The smallest absolute Gasteiger partial charge is 0.275 e. The molecule has 2 aromatic carbocycles. The van der Waals surface area contributed by atoms with E-state index < -0.39 is 0 Å². The van der Waals surface area contributed by atoms with E-state index >= 15 is 0 Å². The van der Waals surface area contributed by atoms with Crippen molar-refractivity contribution in [2.75, 3.05) is 26.3 Å². The summed E-state index contributed by atoms with van der Waals surface area (Å²) in [6, 6.07) is 16.3. The molecule has 3 heterocycles. The number of fused-ring (bicyclic) bond motifs is 2. The molecule has 0 spiro atoms. The number of likely N-dealkylation sites (tertiary alicyclic amines) is 1. The SMILES string of the molecule is C[C@@H](NC(=O)C[NH+]1CCC[C@@H]1c1ccc2c(c1)OCCCO2)c1cc2ccccc2o1. The van der Waals surface area contributed by atoms with E-state index in [0.717, 1.165) is 54.0 Å². The predicted molar refractivity (Wildman–Crippen MR) is 117 cm³/mol. The summed E-state index contributed by atoms with van der Waals surface area (Å²) in [5, 5.41) is 4.17. The van der Waals surface area contributed by atoms with Crippen LogP contribution in [0.2, 0.25) is 0 Å². The Balaban J connectivity index is 1.24. The lowest BCUT2D eigenvalue weighted by atomic mass is 10.0. The number of nitrogens with one attached hydrogen (secondary N) is 2. The maximum atomic E-state index is 12.8. The lowest BCUT2D eigenvalue weighted by Crippen LogP contribution is -3.11. The van der Waals surface area contributed by atoms with Crippen LogP contribution in [-0.4, -0.2) is 32.2 Å². The molecule has 2 aliphatic heterocycles. The normalized spacial score (nSPS) is 21.6. The highest BCUT2D eigenvalue weighted by molar-refractivity contribution is 5.79. The second-order valence-electron chi connectivity index (χ2n) is 8.51. The van der Waals surface area contributed by atoms with Gasteiger partial charge in [-0.05, 0) is 37.3 Å². The molecule has 0 radical (unpaired) electrons. The van der Waals surface area contributed by atoms with Crippen molar-refractivity contribution < 1.29 is 23.6 Å². The fraction of sp³-hybridized carbons (Fsp3) is 0.400. The molecule has 6 heteroatoms. The van der Waals surface area contributed by atoms with Crippen LogP contribution in [0.15, 0.2) is 52.9 Å². The number of carbonyl (C=O) groups is 1. The van der Waals surface area contributed by atoms with Gasteiger partial charge in [0.25, 0.3) is 5.91 Å². The number of para-hydroxylation sites is 1. The molecule has 2 N–H and O–H groups in total. The Labute approximate surface area is 182 Å². The van der Waals surface area contributed by atoms with Gasteiger partial charge in [0, 0.05) is 30.2 Å². The summed E-state index contributed by atoms with van der Waals surface area (Å²) in [5.41, 5.74) is 2.06. The predicted octanol–water partition coefficient (Wildman–Crippen LogP) is 3.19. The van der Waals surface area contributed by atoms with Crippen LogP contribution in [0.25, 0.3) is 11.0 Å². The van der Waals surface area contributed by atoms with Crippen LogP contribution in [0, 0.1) is 0 Å². The van der Waals surface area contributed by atoms with E-state index in [1.807, 2.05) is 43.3 Å². The molecular weight excluding hydrogens is 392 g/mol. The van der Waals surface area contributed by atoms with E-state index in [1.165, 1.54) is 10.5 Å². The molecule has 0 saturated carbocycles. The molecule has 2 aliphatic rings. The lowest BCUT2D eigenvalue weighted by molar-refractivity contribution is -0.910. The Kier molecular flexibility index (Phi) is 5.55. The van der Waals surface area contributed by atoms with Crippen LogP contribution in [0.3, 0.4) is 0 Å². The van der Waals surface area contributed by atoms with Gasteiger partial charge in [0.05, 0.1) is 25.8 Å². The monoisotopic (exact) mass is 421 g/mol. The van der Waals surface area contributed by atoms with Gasteiger partial charge in [-0.2, -0.15) is 0 Å². The largest absolute Gasteiger partial charge is 0.490 e. The summed E-state index contributed by atoms with van der Waals surface area (Å²) in [5.74, 6) is 2.47. The van der Waals surface area contributed by atoms with Crippen molar-refractivity contribution in [3.8, 4) is 11.5 Å². The van der Waals surface area contributed by atoms with Crippen LogP contribution >= 0.6 is 0 Å². The molecule has 0 aliphatic carbocycles. The summed E-state index contributed by atoms with van der Waals surface area (Å²) in [4.78, 5) is 14.1. The Morgan fingerprint density at radius 3 is 2.81 bits per heavy atom. The quantitative estimate of drug-likeness (QED) is 0.664. The number of amides is 1. The number of carbonyl (C=O) groups excluding carboxylic acids is 1. The molecule has 0 bridgehead atoms. The first-order valence-corrected chi connectivity index (χ1v) is 11.2. The van der Waals surface area contributed by atoms with Gasteiger partial charge in [-0.1, -0.05) is 18.2 Å². The number of hydrogen-bond acceptors (Lipinski definition) is 4. The lowest BCUT2D eigenvalue weighted by Gasteiger charge is -2.23. The highest BCUT2D eigenvalue weighted by atomic mass is 16.5. The van der Waals surface area contributed by atoms with Crippen LogP contribution in [-0.2, 0) is 4.79 Å². The third-order valence-electron chi connectivity index (χ3n) is 6.29. The molecule has 1 amide bonds. The number of ether oxygens (including phenoxy) is 2. The number of hydrogen-bond donors (Lipinski definition) is 2. The van der Waals surface area contributed by atoms with Gasteiger partial charge in [0.1, 0.15) is 17.4 Å². The summed E-state index contributed by atoms with van der Waals surface area (Å²) in [6.07, 6.45) is 3.08. The molecule has 3 aromatic rings. The van der Waals surface area contributed by atoms with Gasteiger partial charge in [-0.15, -0.1) is 0 Å². The van der Waals surface area contributed by atoms with Crippen molar-refractivity contribution in [1.29, 1.82) is 0 Å². The minimum atomic E-state index is -0.168. The molecule has 3 atom stereocenters. The van der Waals surface area contributed by atoms with E-state index in [9.17, 15) is 4.79 Å². The standard InChI is InChI=1S/C25H28N2O4/c1-17(23-15-19-6-2-3-8-21(19)31-23)26-25(28)16-27-11-4-7-20(27)18-9-10-22-24(14-18)30-13-5-12-29-22/h2-3,6,8-10,14-15,17,20H,4-5,7,11-13,16H2,1H3,(H,26,28)/p+1/t17-,20-/m1/s1. The third-order valence-corrected chi connectivity index (χ3v) is 6.29. The maximum Gasteiger partial charge on any atom is 0.275 e. The van der Waals surface area contributed by atoms with Crippen molar-refractivity contribution >= 4 is 16.9 Å². The molecule has 31 heavy (non-hydrogen) atoms. The van der Waals surface area contributed by atoms with Crippen LogP contribution < -0.4 is 19.7 Å². The fourth-order valence-electron chi connectivity index (χ4n) is 4.71. The zero-order chi connectivity index (χ0) is 21.2. The molecule has 1 unspecified atom stereocenters. The second kappa shape index (κ2) is 8.63. The van der Waals surface area contributed by atoms with Crippen LogP contribution in [0.1, 0.15) is 49.6 Å². The zero-order valence-electron chi connectivity index (χ0n) is 17.9. The van der Waals surface area contributed by atoms with Gasteiger partial charge in [-0.3, -0.25) is 4.79 Å². The topological polar surface area (TPSA) is 65.1 Å². The second-order valence-corrected chi connectivity index (χ2v) is 8.51. The molecule has 5 rings (SSSR count). The zero-order valence-corrected chi connectivity index (χ0v) is 17.9. The molecule has 162 valence electrons. The summed E-state index contributed by atoms with van der Waals surface area (Å²) < 4.78 is 17.5. The third kappa shape index (κ3) is 4.26. The van der Waals surface area contributed by atoms with Crippen LogP contribution in [0.5, 0.6) is 11.5 Å². The maximum absolute atomic E-state index is 12.8. The minimum Gasteiger partial charge on any atom is -0.490 e. The number of quaternary nitrogens is 1. The summed E-state index contributed by atoms with van der Waals surface area (Å²) in [6.45, 7) is 4.78.